The van der Waals surface area contributed by atoms with E-state index in [1.165, 1.54) is 6.07 Å². The van der Waals surface area contributed by atoms with Crippen molar-refractivity contribution in [1.82, 2.24) is 5.32 Å². The fourth-order valence-corrected chi connectivity index (χ4v) is 2.13. The fraction of sp³-hybridized carbons (Fsp3) is 0.294. The topological polar surface area (TPSA) is 15.3 Å². The van der Waals surface area contributed by atoms with Gasteiger partial charge in [-0.05, 0) is 35.9 Å². The average molecular weight is 272 g/mol. The van der Waals surface area contributed by atoms with Crippen LogP contribution in [0.3, 0.4) is 0 Å². The molecule has 3 heteroatoms. The van der Waals surface area contributed by atoms with Crippen LogP contribution in [-0.2, 0) is 6.54 Å². The molecule has 0 saturated carbocycles. The molecule has 0 atom stereocenters. The van der Waals surface area contributed by atoms with E-state index in [2.05, 4.69) is 24.1 Å². The van der Waals surface area contributed by atoms with Crippen LogP contribution in [0.1, 0.15) is 19.4 Å². The van der Waals surface area contributed by atoms with Crippen LogP contribution in [-0.4, -0.2) is 13.1 Å². The van der Waals surface area contributed by atoms with Crippen molar-refractivity contribution >= 4 is 11.4 Å². The second kappa shape index (κ2) is 6.53. The van der Waals surface area contributed by atoms with Gasteiger partial charge in [-0.2, -0.15) is 0 Å². The monoisotopic (exact) mass is 272 g/mol. The minimum Gasteiger partial charge on any atom is -0.344 e. The summed E-state index contributed by atoms with van der Waals surface area (Å²) in [5.74, 6) is -0.198. The third-order valence-corrected chi connectivity index (χ3v) is 3.25. The summed E-state index contributed by atoms with van der Waals surface area (Å²) in [6, 6.07) is 15.4. The smallest absolute Gasteiger partial charge is 0.123 e. The molecule has 2 nitrogen and oxygen atoms in total. The summed E-state index contributed by atoms with van der Waals surface area (Å²) in [5, 5.41) is 3.34. The molecule has 0 amide bonds. The van der Waals surface area contributed by atoms with Crippen molar-refractivity contribution in [2.45, 2.75) is 26.4 Å². The predicted molar refractivity (Wildman–Crippen MR) is 82.9 cm³/mol. The van der Waals surface area contributed by atoms with E-state index in [9.17, 15) is 4.39 Å². The van der Waals surface area contributed by atoms with Crippen LogP contribution in [0.25, 0.3) is 0 Å². The van der Waals surface area contributed by atoms with E-state index in [0.717, 1.165) is 16.9 Å². The highest BCUT2D eigenvalue weighted by atomic mass is 19.1. The largest absolute Gasteiger partial charge is 0.344 e. The lowest BCUT2D eigenvalue weighted by molar-refractivity contribution is 0.581. The molecule has 0 spiro atoms. The lowest BCUT2D eigenvalue weighted by Gasteiger charge is -2.23. The maximum Gasteiger partial charge on any atom is 0.123 e. The Hall–Kier alpha value is -1.87. The van der Waals surface area contributed by atoms with Gasteiger partial charge in [-0.15, -0.1) is 0 Å². The Morgan fingerprint density at radius 3 is 2.45 bits per heavy atom. The van der Waals surface area contributed by atoms with Crippen LogP contribution < -0.4 is 10.2 Å². The molecule has 106 valence electrons. The fourth-order valence-electron chi connectivity index (χ4n) is 2.13. The van der Waals surface area contributed by atoms with Gasteiger partial charge in [0.15, 0.2) is 0 Å². The van der Waals surface area contributed by atoms with E-state index in [-0.39, 0.29) is 5.82 Å². The standard InChI is InChI=1S/C17H21FN2/c1-13(2)19-12-14-11-15(18)9-10-17(14)20(3)16-7-5-4-6-8-16/h4-11,13,19H,12H2,1-3H3. The van der Waals surface area contributed by atoms with Gasteiger partial charge in [0.05, 0.1) is 0 Å². The van der Waals surface area contributed by atoms with Gasteiger partial charge < -0.3 is 10.2 Å². The quantitative estimate of drug-likeness (QED) is 0.882. The van der Waals surface area contributed by atoms with Crippen LogP contribution in [0, 0.1) is 5.82 Å². The Morgan fingerprint density at radius 2 is 1.80 bits per heavy atom. The molecule has 2 rings (SSSR count). The highest BCUT2D eigenvalue weighted by Gasteiger charge is 2.10. The second-order valence-corrected chi connectivity index (χ2v) is 5.20. The van der Waals surface area contributed by atoms with Crippen LogP contribution >= 0.6 is 0 Å². The molecule has 0 aliphatic heterocycles. The molecule has 2 aromatic carbocycles. The number of hydrogen-bond donors (Lipinski definition) is 1. The van der Waals surface area contributed by atoms with Gasteiger partial charge in [0.1, 0.15) is 5.82 Å². The molecule has 2 aromatic rings. The third kappa shape index (κ3) is 3.58. The van der Waals surface area contributed by atoms with Gasteiger partial charge in [-0.1, -0.05) is 32.0 Å². The predicted octanol–water partition coefficient (Wildman–Crippen LogP) is 4.09. The number of para-hydroxylation sites is 1. The average Bonchev–Trinajstić information content (AvgIpc) is 2.45. The maximum absolute atomic E-state index is 13.5. The number of benzene rings is 2. The van der Waals surface area contributed by atoms with Crippen LogP contribution in [0.5, 0.6) is 0 Å². The zero-order valence-electron chi connectivity index (χ0n) is 12.2. The Balaban J connectivity index is 2.30. The highest BCUT2D eigenvalue weighted by molar-refractivity contribution is 5.65. The second-order valence-electron chi connectivity index (χ2n) is 5.20. The molecule has 1 N–H and O–H groups in total. The molecule has 0 unspecified atom stereocenters. The van der Waals surface area contributed by atoms with Crippen molar-refractivity contribution in [3.63, 3.8) is 0 Å². The number of nitrogens with one attached hydrogen (secondary N) is 1. The summed E-state index contributed by atoms with van der Waals surface area (Å²) in [6.45, 7) is 4.82. The minimum atomic E-state index is -0.198. The van der Waals surface area contributed by atoms with Crippen molar-refractivity contribution in [2.24, 2.45) is 0 Å². The van der Waals surface area contributed by atoms with Crippen LogP contribution in [0.2, 0.25) is 0 Å². The van der Waals surface area contributed by atoms with Gasteiger partial charge in [0, 0.05) is 31.0 Å². The third-order valence-electron chi connectivity index (χ3n) is 3.25. The first-order valence-electron chi connectivity index (χ1n) is 6.88. The number of halogens is 1. The molecule has 0 aliphatic rings. The van der Waals surface area contributed by atoms with E-state index in [1.54, 1.807) is 6.07 Å². The first-order chi connectivity index (χ1) is 9.58. The van der Waals surface area contributed by atoms with Gasteiger partial charge in [-0.25, -0.2) is 4.39 Å². The highest BCUT2D eigenvalue weighted by Crippen LogP contribution is 2.27. The lowest BCUT2D eigenvalue weighted by Crippen LogP contribution is -2.23. The Labute approximate surface area is 120 Å². The van der Waals surface area contributed by atoms with E-state index in [0.29, 0.717) is 12.6 Å². The Morgan fingerprint density at radius 1 is 1.10 bits per heavy atom. The molecule has 0 fully saturated rings. The molecular weight excluding hydrogens is 251 g/mol. The van der Waals surface area contributed by atoms with E-state index in [1.807, 2.05) is 43.4 Å². The molecule has 0 heterocycles. The SMILES string of the molecule is CC(C)NCc1cc(F)ccc1N(C)c1ccccc1. The first-order valence-corrected chi connectivity index (χ1v) is 6.88. The zero-order valence-corrected chi connectivity index (χ0v) is 12.2. The van der Waals surface area contributed by atoms with Gasteiger partial charge in [0.25, 0.3) is 0 Å². The summed E-state index contributed by atoms with van der Waals surface area (Å²) in [4.78, 5) is 2.08. The summed E-state index contributed by atoms with van der Waals surface area (Å²) in [5.41, 5.74) is 3.07. The molecule has 0 aliphatic carbocycles. The molecule has 0 radical (unpaired) electrons. The van der Waals surface area contributed by atoms with E-state index < -0.39 is 0 Å². The van der Waals surface area contributed by atoms with Crippen LogP contribution in [0.4, 0.5) is 15.8 Å². The van der Waals surface area contributed by atoms with E-state index >= 15 is 0 Å². The normalized spacial score (nSPS) is 10.8. The molecule has 0 saturated heterocycles. The van der Waals surface area contributed by atoms with Crippen molar-refractivity contribution < 1.29 is 4.39 Å². The number of anilines is 2. The summed E-state index contributed by atoms with van der Waals surface area (Å²) >= 11 is 0. The number of hydrogen-bond acceptors (Lipinski definition) is 2. The molecular formula is C17H21FN2. The number of nitrogens with zero attached hydrogens (tertiary/aromatic N) is 1. The minimum absolute atomic E-state index is 0.198. The summed E-state index contributed by atoms with van der Waals surface area (Å²) in [7, 11) is 2.00. The summed E-state index contributed by atoms with van der Waals surface area (Å²) < 4.78 is 13.5. The zero-order chi connectivity index (χ0) is 14.5. The van der Waals surface area contributed by atoms with Crippen molar-refractivity contribution in [2.75, 3.05) is 11.9 Å². The molecule has 20 heavy (non-hydrogen) atoms. The maximum atomic E-state index is 13.5. The Bertz CT molecular complexity index is 552. The first kappa shape index (κ1) is 14.5. The van der Waals surface area contributed by atoms with Crippen molar-refractivity contribution in [3.8, 4) is 0 Å². The Kier molecular flexibility index (Phi) is 4.74. The summed E-state index contributed by atoms with van der Waals surface area (Å²) in [6.07, 6.45) is 0. The van der Waals surface area contributed by atoms with Crippen molar-refractivity contribution in [1.29, 1.82) is 0 Å². The van der Waals surface area contributed by atoms with Crippen molar-refractivity contribution in [3.05, 3.63) is 59.9 Å². The van der Waals surface area contributed by atoms with Gasteiger partial charge >= 0.3 is 0 Å². The van der Waals surface area contributed by atoms with Gasteiger partial charge in [-0.3, -0.25) is 0 Å². The number of rotatable bonds is 5. The van der Waals surface area contributed by atoms with E-state index in [4.69, 9.17) is 0 Å². The van der Waals surface area contributed by atoms with Crippen LogP contribution in [0.15, 0.2) is 48.5 Å². The molecule has 0 aromatic heterocycles. The van der Waals surface area contributed by atoms with Gasteiger partial charge in [0.2, 0.25) is 0 Å². The lowest BCUT2D eigenvalue weighted by atomic mass is 10.1. The molecule has 0 bridgehead atoms.